The number of nitrogens with two attached hydrogens (primary N) is 2. The van der Waals surface area contributed by atoms with Crippen molar-refractivity contribution in [3.05, 3.63) is 32.8 Å². The standard InChI is InChI=1S/C21H26N2S3/c1-6-7-11-8-12-13-9-15(20(2,3)22)25-18(13)19-14(17(12)24-11)10-16(26-19)21(4,5)23/h8-10H,6-7,22-23H2,1-5H3. The summed E-state index contributed by atoms with van der Waals surface area (Å²) in [5, 5.41) is 4.10. The normalized spacial score (nSPS) is 13.5. The van der Waals surface area contributed by atoms with Gasteiger partial charge in [0.05, 0.1) is 9.40 Å². The van der Waals surface area contributed by atoms with Gasteiger partial charge in [0.25, 0.3) is 0 Å². The summed E-state index contributed by atoms with van der Waals surface area (Å²) in [5.41, 5.74) is 12.2. The highest BCUT2D eigenvalue weighted by Crippen LogP contribution is 2.48. The van der Waals surface area contributed by atoms with Crippen molar-refractivity contribution in [1.29, 1.82) is 0 Å². The van der Waals surface area contributed by atoms with Gasteiger partial charge in [-0.25, -0.2) is 0 Å². The monoisotopic (exact) mass is 402 g/mol. The van der Waals surface area contributed by atoms with Gasteiger partial charge in [-0.2, -0.15) is 0 Å². The van der Waals surface area contributed by atoms with E-state index in [4.69, 9.17) is 11.5 Å². The minimum absolute atomic E-state index is 0.320. The van der Waals surface area contributed by atoms with Gasteiger partial charge in [-0.15, -0.1) is 34.0 Å². The van der Waals surface area contributed by atoms with Gasteiger partial charge in [-0.1, -0.05) is 13.3 Å². The Morgan fingerprint density at radius 1 is 0.731 bits per heavy atom. The quantitative estimate of drug-likeness (QED) is 0.400. The van der Waals surface area contributed by atoms with Crippen molar-refractivity contribution < 1.29 is 0 Å². The van der Waals surface area contributed by atoms with Crippen molar-refractivity contribution in [2.24, 2.45) is 11.5 Å². The Labute approximate surface area is 166 Å². The molecule has 5 heteroatoms. The third-order valence-corrected chi connectivity index (χ3v) is 9.10. The van der Waals surface area contributed by atoms with E-state index in [-0.39, 0.29) is 11.1 Å². The smallest absolute Gasteiger partial charge is 0.0539 e. The molecule has 0 saturated carbocycles. The Hall–Kier alpha value is -0.980. The van der Waals surface area contributed by atoms with E-state index >= 15 is 0 Å². The first kappa shape index (κ1) is 18.4. The number of hydrogen-bond acceptors (Lipinski definition) is 5. The largest absolute Gasteiger partial charge is 0.321 e. The maximum absolute atomic E-state index is 6.43. The molecule has 26 heavy (non-hydrogen) atoms. The van der Waals surface area contributed by atoms with Crippen LogP contribution >= 0.6 is 34.0 Å². The molecule has 0 bridgehead atoms. The van der Waals surface area contributed by atoms with Gasteiger partial charge in [0.15, 0.2) is 0 Å². The van der Waals surface area contributed by atoms with Gasteiger partial charge in [-0.05, 0) is 52.3 Å². The third kappa shape index (κ3) is 2.90. The summed E-state index contributed by atoms with van der Waals surface area (Å²) in [7, 11) is 0. The summed E-state index contributed by atoms with van der Waals surface area (Å²) in [6.45, 7) is 10.6. The zero-order chi connectivity index (χ0) is 18.9. The number of fused-ring (bicyclic) bond motifs is 6. The van der Waals surface area contributed by atoms with Crippen molar-refractivity contribution in [3.8, 4) is 0 Å². The number of thiophene rings is 3. The molecule has 4 rings (SSSR count). The highest BCUT2D eigenvalue weighted by atomic mass is 32.1. The first-order chi connectivity index (χ1) is 12.1. The van der Waals surface area contributed by atoms with Crippen molar-refractivity contribution in [3.63, 3.8) is 0 Å². The summed E-state index contributed by atoms with van der Waals surface area (Å²) < 4.78 is 4.13. The number of rotatable bonds is 4. The lowest BCUT2D eigenvalue weighted by Gasteiger charge is -2.15. The van der Waals surface area contributed by atoms with E-state index in [1.54, 1.807) is 0 Å². The van der Waals surface area contributed by atoms with Crippen LogP contribution in [0.5, 0.6) is 0 Å². The van der Waals surface area contributed by atoms with Crippen molar-refractivity contribution in [2.75, 3.05) is 0 Å². The number of benzene rings is 1. The first-order valence-electron chi connectivity index (χ1n) is 9.09. The van der Waals surface area contributed by atoms with Gasteiger partial charge in [0.1, 0.15) is 0 Å². The summed E-state index contributed by atoms with van der Waals surface area (Å²) >= 11 is 5.64. The van der Waals surface area contributed by atoms with E-state index in [1.165, 1.54) is 51.3 Å². The van der Waals surface area contributed by atoms with E-state index in [0.717, 1.165) is 6.42 Å². The fourth-order valence-electron chi connectivity index (χ4n) is 3.33. The maximum atomic E-state index is 6.43. The van der Waals surface area contributed by atoms with Crippen LogP contribution < -0.4 is 11.5 Å². The zero-order valence-electron chi connectivity index (χ0n) is 16.0. The van der Waals surface area contributed by atoms with Gasteiger partial charge < -0.3 is 11.5 Å². The summed E-state index contributed by atoms with van der Waals surface area (Å²) in [6.07, 6.45) is 2.32. The molecular formula is C21H26N2S3. The molecule has 0 atom stereocenters. The number of aryl methyl sites for hydroxylation is 1. The van der Waals surface area contributed by atoms with Gasteiger partial charge in [-0.3, -0.25) is 0 Å². The van der Waals surface area contributed by atoms with E-state index < -0.39 is 0 Å². The highest BCUT2D eigenvalue weighted by molar-refractivity contribution is 7.29. The average Bonchev–Trinajstić information content (AvgIpc) is 3.20. The Kier molecular flexibility index (Phi) is 4.25. The Morgan fingerprint density at radius 3 is 1.77 bits per heavy atom. The predicted molar refractivity (Wildman–Crippen MR) is 121 cm³/mol. The summed E-state index contributed by atoms with van der Waals surface area (Å²) in [5.74, 6) is 0. The molecule has 0 amide bonds. The molecule has 3 heterocycles. The Morgan fingerprint density at radius 2 is 1.23 bits per heavy atom. The minimum atomic E-state index is -0.322. The van der Waals surface area contributed by atoms with Gasteiger partial charge in [0.2, 0.25) is 0 Å². The Bertz CT molecular complexity index is 1030. The molecule has 4 N–H and O–H groups in total. The minimum Gasteiger partial charge on any atom is -0.321 e. The second kappa shape index (κ2) is 6.01. The van der Waals surface area contributed by atoms with E-state index in [9.17, 15) is 0 Å². The molecule has 0 aliphatic rings. The van der Waals surface area contributed by atoms with Crippen LogP contribution in [0.15, 0.2) is 18.2 Å². The maximum Gasteiger partial charge on any atom is 0.0539 e. The molecule has 3 aromatic heterocycles. The van der Waals surface area contributed by atoms with Crippen molar-refractivity contribution in [1.82, 2.24) is 0 Å². The zero-order valence-corrected chi connectivity index (χ0v) is 18.5. The lowest BCUT2D eigenvalue weighted by molar-refractivity contribution is 0.567. The second-order valence-corrected chi connectivity index (χ2v) is 11.6. The van der Waals surface area contributed by atoms with E-state index in [1.807, 2.05) is 34.0 Å². The lowest BCUT2D eigenvalue weighted by Crippen LogP contribution is -2.27. The lowest BCUT2D eigenvalue weighted by atomic mass is 10.0. The van der Waals surface area contributed by atoms with Crippen LogP contribution in [-0.2, 0) is 17.5 Å². The van der Waals surface area contributed by atoms with Gasteiger partial charge >= 0.3 is 0 Å². The topological polar surface area (TPSA) is 52.0 Å². The molecule has 138 valence electrons. The molecule has 4 aromatic rings. The molecule has 0 radical (unpaired) electrons. The first-order valence-corrected chi connectivity index (χ1v) is 11.5. The molecule has 1 aromatic carbocycles. The molecular weight excluding hydrogens is 376 g/mol. The molecule has 0 aliphatic carbocycles. The predicted octanol–water partition coefficient (Wildman–Crippen LogP) is 6.67. The van der Waals surface area contributed by atoms with Crippen molar-refractivity contribution >= 4 is 64.3 Å². The fraction of sp³-hybridized carbons (Fsp3) is 0.429. The Balaban J connectivity index is 2.15. The van der Waals surface area contributed by atoms with Gasteiger partial charge in [0, 0.05) is 46.6 Å². The van der Waals surface area contributed by atoms with Crippen LogP contribution in [0.1, 0.15) is 55.7 Å². The summed E-state index contributed by atoms with van der Waals surface area (Å²) in [6, 6.07) is 7.04. The van der Waals surface area contributed by atoms with E-state index in [0.29, 0.717) is 0 Å². The second-order valence-electron chi connectivity index (χ2n) is 8.36. The molecule has 0 spiro atoms. The molecule has 0 fully saturated rings. The molecule has 0 saturated heterocycles. The molecule has 0 unspecified atom stereocenters. The molecule has 0 aliphatic heterocycles. The SMILES string of the molecule is CCCc1cc2c3cc(C(C)(C)N)sc3c3sc(C(C)(C)N)cc3c2s1. The van der Waals surface area contributed by atoms with Crippen LogP contribution in [0.3, 0.4) is 0 Å². The number of hydrogen-bond donors (Lipinski definition) is 2. The highest BCUT2D eigenvalue weighted by Gasteiger charge is 2.24. The average molecular weight is 403 g/mol. The van der Waals surface area contributed by atoms with Crippen LogP contribution in [-0.4, -0.2) is 0 Å². The van der Waals surface area contributed by atoms with E-state index in [2.05, 4.69) is 52.8 Å². The summed E-state index contributed by atoms with van der Waals surface area (Å²) in [4.78, 5) is 3.95. The van der Waals surface area contributed by atoms with Crippen molar-refractivity contribution in [2.45, 2.75) is 58.5 Å². The fourth-order valence-corrected chi connectivity index (χ4v) is 7.22. The van der Waals surface area contributed by atoms with Crippen LogP contribution in [0, 0.1) is 0 Å². The van der Waals surface area contributed by atoms with Crippen LogP contribution in [0.4, 0.5) is 0 Å². The van der Waals surface area contributed by atoms with Crippen LogP contribution in [0.25, 0.3) is 30.3 Å². The van der Waals surface area contributed by atoms with Crippen LogP contribution in [0.2, 0.25) is 0 Å². The molecule has 2 nitrogen and oxygen atoms in total. The third-order valence-electron chi connectivity index (χ3n) is 4.75.